The molecule has 1 unspecified atom stereocenters. The van der Waals surface area contributed by atoms with E-state index >= 15 is 0 Å². The first-order chi connectivity index (χ1) is 17.9. The zero-order chi connectivity index (χ0) is 29.5. The third-order valence-corrected chi connectivity index (χ3v) is 11.2. The van der Waals surface area contributed by atoms with Crippen molar-refractivity contribution in [1.29, 1.82) is 0 Å². The average molecular weight is 576 g/mol. The number of benzene rings is 1. The van der Waals surface area contributed by atoms with E-state index in [0.717, 1.165) is 32.1 Å². The number of halogens is 3. The zero-order valence-electron chi connectivity index (χ0n) is 25.2. The van der Waals surface area contributed by atoms with E-state index in [1.54, 1.807) is 13.0 Å². The molecular formula is C30H49F3NO4P. The molecule has 0 amide bonds. The molecule has 0 radical (unpaired) electrons. The largest absolute Gasteiger partial charge is 0.493 e. The van der Waals surface area contributed by atoms with Gasteiger partial charge in [-0.3, -0.25) is 4.57 Å². The maximum Gasteiger partial charge on any atom is 0.419 e. The minimum Gasteiger partial charge on any atom is -0.493 e. The third kappa shape index (κ3) is 9.24. The van der Waals surface area contributed by atoms with Gasteiger partial charge in [-0.1, -0.05) is 86.6 Å². The predicted molar refractivity (Wildman–Crippen MR) is 153 cm³/mol. The van der Waals surface area contributed by atoms with Crippen LogP contribution in [0.5, 0.6) is 5.75 Å². The van der Waals surface area contributed by atoms with E-state index in [2.05, 4.69) is 11.9 Å². The fraction of sp³-hybridized carbons (Fsp3) is 0.767. The number of hydrogen-bond acceptors (Lipinski definition) is 5. The number of rotatable bonds is 14. The van der Waals surface area contributed by atoms with Gasteiger partial charge in [-0.2, -0.15) is 13.2 Å². The number of aliphatic imine (C=N–C) groups is 1. The quantitative estimate of drug-likeness (QED) is 0.164. The summed E-state index contributed by atoms with van der Waals surface area (Å²) < 4.78 is 73.2. The predicted octanol–water partition coefficient (Wildman–Crippen LogP) is 9.46. The number of alkyl halides is 3. The molecule has 1 heterocycles. The molecule has 1 atom stereocenters. The second-order valence-electron chi connectivity index (χ2n) is 12.8. The highest BCUT2D eigenvalue weighted by Crippen LogP contribution is 2.67. The van der Waals surface area contributed by atoms with Crippen molar-refractivity contribution in [2.24, 2.45) is 4.99 Å². The highest BCUT2D eigenvalue weighted by atomic mass is 31.2. The van der Waals surface area contributed by atoms with E-state index < -0.39 is 35.0 Å². The lowest BCUT2D eigenvalue weighted by Crippen LogP contribution is -2.38. The van der Waals surface area contributed by atoms with Crippen molar-refractivity contribution >= 4 is 13.3 Å². The van der Waals surface area contributed by atoms with Crippen molar-refractivity contribution in [1.82, 2.24) is 0 Å². The van der Waals surface area contributed by atoms with Crippen LogP contribution in [-0.2, 0) is 26.4 Å². The first kappa shape index (κ1) is 33.7. The Kier molecular flexibility index (Phi) is 11.6. The van der Waals surface area contributed by atoms with Crippen LogP contribution in [0.1, 0.15) is 111 Å². The van der Waals surface area contributed by atoms with Gasteiger partial charge in [-0.15, -0.1) is 0 Å². The lowest BCUT2D eigenvalue weighted by molar-refractivity contribution is -0.139. The summed E-state index contributed by atoms with van der Waals surface area (Å²) in [6, 6.07) is 4.28. The summed E-state index contributed by atoms with van der Waals surface area (Å²) >= 11 is 0. The molecule has 0 aliphatic carbocycles. The van der Waals surface area contributed by atoms with Crippen LogP contribution in [0.3, 0.4) is 0 Å². The molecule has 0 bridgehead atoms. The second-order valence-corrected chi connectivity index (χ2v) is 16.8. The standard InChI is InChI=1S/C30H49F3NO4P/c1-9-10-11-12-13-14-19-36-26-16-15-24(20-25(26)30(31,32)33)17-18-29(21-37-23(2)34-29)22-38-39(35,27(3,4)5)28(6,7)8/h15-16,20H,9-14,17-19,21-22H2,1-8H3. The van der Waals surface area contributed by atoms with Crippen LogP contribution in [0.4, 0.5) is 13.2 Å². The van der Waals surface area contributed by atoms with E-state index in [9.17, 15) is 17.7 Å². The molecule has 0 saturated carbocycles. The van der Waals surface area contributed by atoms with Crippen molar-refractivity contribution in [2.45, 2.75) is 129 Å². The topological polar surface area (TPSA) is 57.1 Å². The molecule has 0 fully saturated rings. The molecule has 1 aliphatic rings. The van der Waals surface area contributed by atoms with Crippen molar-refractivity contribution in [2.75, 3.05) is 19.8 Å². The van der Waals surface area contributed by atoms with E-state index in [1.165, 1.54) is 18.6 Å². The van der Waals surface area contributed by atoms with Gasteiger partial charge >= 0.3 is 6.18 Å². The summed E-state index contributed by atoms with van der Waals surface area (Å²) in [7, 11) is -3.15. The minimum atomic E-state index is -4.52. The maximum atomic E-state index is 14.0. The fourth-order valence-corrected chi connectivity index (χ4v) is 8.25. The van der Waals surface area contributed by atoms with Crippen LogP contribution in [-0.4, -0.2) is 41.6 Å². The van der Waals surface area contributed by atoms with Crippen LogP contribution in [0.15, 0.2) is 23.2 Å². The minimum absolute atomic E-state index is 0.0712. The molecular weight excluding hydrogens is 526 g/mol. The molecule has 0 aromatic heterocycles. The monoisotopic (exact) mass is 575 g/mol. The molecule has 39 heavy (non-hydrogen) atoms. The molecule has 1 aromatic carbocycles. The summed E-state index contributed by atoms with van der Waals surface area (Å²) in [6.07, 6.45) is 2.43. The summed E-state index contributed by atoms with van der Waals surface area (Å²) in [5, 5.41) is -1.17. The highest BCUT2D eigenvalue weighted by molar-refractivity contribution is 7.62. The van der Waals surface area contributed by atoms with Crippen molar-refractivity contribution in [3.63, 3.8) is 0 Å². The van der Waals surface area contributed by atoms with Crippen LogP contribution in [0.2, 0.25) is 0 Å². The van der Waals surface area contributed by atoms with Gasteiger partial charge in [0.05, 0.1) is 18.8 Å². The van der Waals surface area contributed by atoms with Gasteiger partial charge in [-0.05, 0) is 37.0 Å². The van der Waals surface area contributed by atoms with Crippen LogP contribution in [0.25, 0.3) is 0 Å². The number of nitrogens with zero attached hydrogens (tertiary/aromatic N) is 1. The third-order valence-electron chi connectivity index (χ3n) is 7.21. The number of aryl methyl sites for hydroxylation is 1. The molecule has 2 rings (SSSR count). The molecule has 9 heteroatoms. The Balaban J connectivity index is 2.15. The van der Waals surface area contributed by atoms with E-state index in [0.29, 0.717) is 24.3 Å². The second kappa shape index (κ2) is 13.4. The van der Waals surface area contributed by atoms with E-state index in [1.807, 2.05) is 41.5 Å². The molecule has 1 aromatic rings. The van der Waals surface area contributed by atoms with Gasteiger partial charge in [0.25, 0.3) is 0 Å². The normalized spacial score (nSPS) is 18.7. The SMILES string of the molecule is CCCCCCCCOc1ccc(CCC2(COP(=O)(C(C)(C)C)C(C)(C)C)COC(C)=N2)cc1C(F)(F)F. The summed E-state index contributed by atoms with van der Waals surface area (Å²) in [4.78, 5) is 4.67. The molecule has 224 valence electrons. The Morgan fingerprint density at radius 3 is 2.15 bits per heavy atom. The van der Waals surface area contributed by atoms with Gasteiger partial charge in [0, 0.05) is 17.2 Å². The van der Waals surface area contributed by atoms with Crippen LogP contribution in [0, 0.1) is 0 Å². The summed E-state index contributed by atoms with van der Waals surface area (Å²) in [6.45, 7) is 15.9. The molecule has 0 N–H and O–H groups in total. The molecule has 0 spiro atoms. The van der Waals surface area contributed by atoms with E-state index in [-0.39, 0.29) is 25.6 Å². The number of unbranched alkanes of at least 4 members (excludes halogenated alkanes) is 5. The fourth-order valence-electron chi connectivity index (χ4n) is 5.04. The number of ether oxygens (including phenoxy) is 2. The first-order valence-corrected chi connectivity index (χ1v) is 15.8. The molecule has 5 nitrogen and oxygen atoms in total. The van der Waals surface area contributed by atoms with Gasteiger partial charge in [0.2, 0.25) is 7.37 Å². The van der Waals surface area contributed by atoms with E-state index in [4.69, 9.17) is 14.0 Å². The smallest absolute Gasteiger partial charge is 0.419 e. The zero-order valence-corrected chi connectivity index (χ0v) is 26.1. The highest BCUT2D eigenvalue weighted by Gasteiger charge is 2.50. The lowest BCUT2D eigenvalue weighted by Gasteiger charge is -2.41. The Morgan fingerprint density at radius 2 is 1.62 bits per heavy atom. The van der Waals surface area contributed by atoms with Crippen LogP contribution < -0.4 is 4.74 Å². The van der Waals surface area contributed by atoms with Crippen molar-refractivity contribution in [3.05, 3.63) is 29.3 Å². The summed E-state index contributed by atoms with van der Waals surface area (Å²) in [5.41, 5.74) is -1.05. The maximum absolute atomic E-state index is 14.0. The van der Waals surface area contributed by atoms with Gasteiger partial charge in [0.1, 0.15) is 17.9 Å². The number of hydrogen-bond donors (Lipinski definition) is 0. The Bertz CT molecular complexity index is 993. The molecule has 0 saturated heterocycles. The first-order valence-electron chi connectivity index (χ1n) is 14.2. The Labute approximate surface area is 233 Å². The molecule has 1 aliphatic heterocycles. The van der Waals surface area contributed by atoms with Gasteiger partial charge in [-0.25, -0.2) is 4.99 Å². The Morgan fingerprint density at radius 1 is 1.00 bits per heavy atom. The van der Waals surface area contributed by atoms with Crippen molar-refractivity contribution in [3.8, 4) is 5.75 Å². The van der Waals surface area contributed by atoms with Crippen molar-refractivity contribution < 1.29 is 31.7 Å². The lowest BCUT2D eigenvalue weighted by atomic mass is 9.93. The van der Waals surface area contributed by atoms with Crippen LogP contribution >= 0.6 is 7.37 Å². The van der Waals surface area contributed by atoms with Gasteiger partial charge < -0.3 is 14.0 Å². The van der Waals surface area contributed by atoms with Gasteiger partial charge in [0.15, 0.2) is 5.90 Å². The average Bonchev–Trinajstić information content (AvgIpc) is 3.20. The Hall–Kier alpha value is -1.53. The summed E-state index contributed by atoms with van der Waals surface area (Å²) in [5.74, 6) is 0.363.